The van der Waals surface area contributed by atoms with Crippen molar-refractivity contribution in [2.45, 2.75) is 51.4 Å². The van der Waals surface area contributed by atoms with Crippen LogP contribution in [0.2, 0.25) is 0 Å². The standard InChI is InChI=1S/C13H26ClN/c1-15(11-7-3-2-6-10-14)12-13-8-4-5-9-13/h13H,2-12H2,1H3. The van der Waals surface area contributed by atoms with Gasteiger partial charge in [-0.1, -0.05) is 25.7 Å². The second kappa shape index (κ2) is 8.41. The maximum Gasteiger partial charge on any atom is 0.0223 e. The summed E-state index contributed by atoms with van der Waals surface area (Å²) in [5.41, 5.74) is 0. The zero-order valence-corrected chi connectivity index (χ0v) is 10.9. The summed E-state index contributed by atoms with van der Waals surface area (Å²) in [5.74, 6) is 1.83. The van der Waals surface area contributed by atoms with E-state index in [-0.39, 0.29) is 0 Å². The molecule has 1 nitrogen and oxygen atoms in total. The van der Waals surface area contributed by atoms with E-state index in [0.717, 1.165) is 11.8 Å². The number of unbranched alkanes of at least 4 members (excludes halogenated alkanes) is 3. The number of halogens is 1. The smallest absolute Gasteiger partial charge is 0.0223 e. The molecule has 0 unspecified atom stereocenters. The molecule has 15 heavy (non-hydrogen) atoms. The molecule has 0 radical (unpaired) electrons. The lowest BCUT2D eigenvalue weighted by atomic mass is 10.1. The monoisotopic (exact) mass is 231 g/mol. The summed E-state index contributed by atoms with van der Waals surface area (Å²) in [6.45, 7) is 2.61. The second-order valence-electron chi connectivity index (χ2n) is 5.02. The number of hydrogen-bond acceptors (Lipinski definition) is 1. The van der Waals surface area contributed by atoms with Crippen LogP contribution in [-0.2, 0) is 0 Å². The van der Waals surface area contributed by atoms with Gasteiger partial charge in [0.25, 0.3) is 0 Å². The maximum absolute atomic E-state index is 5.65. The molecule has 90 valence electrons. The molecule has 1 fully saturated rings. The molecule has 0 bridgehead atoms. The fraction of sp³-hybridized carbons (Fsp3) is 1.00. The van der Waals surface area contributed by atoms with Gasteiger partial charge in [-0.2, -0.15) is 0 Å². The van der Waals surface area contributed by atoms with Crippen LogP contribution < -0.4 is 0 Å². The zero-order valence-electron chi connectivity index (χ0n) is 10.2. The molecular formula is C13H26ClN. The Morgan fingerprint density at radius 3 is 2.40 bits per heavy atom. The highest BCUT2D eigenvalue weighted by Crippen LogP contribution is 2.25. The van der Waals surface area contributed by atoms with Gasteiger partial charge in [0.2, 0.25) is 0 Å². The molecule has 0 aromatic carbocycles. The second-order valence-corrected chi connectivity index (χ2v) is 5.39. The molecule has 0 aromatic rings. The molecule has 1 aliphatic carbocycles. The van der Waals surface area contributed by atoms with Crippen LogP contribution in [0.25, 0.3) is 0 Å². The third-order valence-corrected chi connectivity index (χ3v) is 3.74. The van der Waals surface area contributed by atoms with Crippen LogP contribution in [0.15, 0.2) is 0 Å². The van der Waals surface area contributed by atoms with Crippen molar-refractivity contribution >= 4 is 11.6 Å². The maximum atomic E-state index is 5.65. The van der Waals surface area contributed by atoms with E-state index in [1.54, 1.807) is 0 Å². The zero-order chi connectivity index (χ0) is 10.9. The molecule has 0 aliphatic heterocycles. The van der Waals surface area contributed by atoms with E-state index in [2.05, 4.69) is 11.9 Å². The molecular weight excluding hydrogens is 206 g/mol. The van der Waals surface area contributed by atoms with Crippen LogP contribution in [-0.4, -0.2) is 30.9 Å². The largest absolute Gasteiger partial charge is 0.306 e. The minimum absolute atomic E-state index is 0.831. The van der Waals surface area contributed by atoms with Gasteiger partial charge in [-0.25, -0.2) is 0 Å². The molecule has 2 heteroatoms. The van der Waals surface area contributed by atoms with E-state index < -0.39 is 0 Å². The Hall–Kier alpha value is 0.250. The molecule has 1 saturated carbocycles. The number of rotatable bonds is 8. The predicted octanol–water partition coefficient (Wildman–Crippen LogP) is 3.91. The molecule has 1 rings (SSSR count). The fourth-order valence-corrected chi connectivity index (χ4v) is 2.74. The Labute approximate surface area is 100 Å². The lowest BCUT2D eigenvalue weighted by Gasteiger charge is -2.20. The quantitative estimate of drug-likeness (QED) is 0.452. The number of nitrogens with zero attached hydrogens (tertiary/aromatic N) is 1. The van der Waals surface area contributed by atoms with Gasteiger partial charge in [0.05, 0.1) is 0 Å². The third kappa shape index (κ3) is 6.42. The molecule has 0 saturated heterocycles. The van der Waals surface area contributed by atoms with E-state index in [0.29, 0.717) is 0 Å². The number of hydrogen-bond donors (Lipinski definition) is 0. The van der Waals surface area contributed by atoms with Crippen LogP contribution in [0.3, 0.4) is 0 Å². The Bertz CT molecular complexity index is 143. The van der Waals surface area contributed by atoms with Gasteiger partial charge in [-0.3, -0.25) is 0 Å². The average Bonchev–Trinajstić information content (AvgIpc) is 2.70. The van der Waals surface area contributed by atoms with E-state index in [4.69, 9.17) is 11.6 Å². The van der Waals surface area contributed by atoms with E-state index in [9.17, 15) is 0 Å². The van der Waals surface area contributed by atoms with Crippen molar-refractivity contribution < 1.29 is 0 Å². The summed E-state index contributed by atoms with van der Waals surface area (Å²) in [6.07, 6.45) is 11.1. The number of alkyl halides is 1. The summed E-state index contributed by atoms with van der Waals surface area (Å²) >= 11 is 5.65. The summed E-state index contributed by atoms with van der Waals surface area (Å²) < 4.78 is 0. The van der Waals surface area contributed by atoms with Crippen molar-refractivity contribution in [3.8, 4) is 0 Å². The molecule has 0 atom stereocenters. The fourth-order valence-electron chi connectivity index (χ4n) is 2.55. The highest BCUT2D eigenvalue weighted by atomic mass is 35.5. The highest BCUT2D eigenvalue weighted by Gasteiger charge is 2.16. The van der Waals surface area contributed by atoms with Gasteiger partial charge < -0.3 is 4.90 Å². The summed E-state index contributed by atoms with van der Waals surface area (Å²) in [7, 11) is 2.28. The first-order valence-corrected chi connectivity index (χ1v) is 7.11. The summed E-state index contributed by atoms with van der Waals surface area (Å²) in [4.78, 5) is 2.52. The molecule has 0 heterocycles. The van der Waals surface area contributed by atoms with Gasteiger partial charge in [-0.05, 0) is 45.2 Å². The van der Waals surface area contributed by atoms with Crippen molar-refractivity contribution in [1.29, 1.82) is 0 Å². The van der Waals surface area contributed by atoms with Gasteiger partial charge in [0.1, 0.15) is 0 Å². The van der Waals surface area contributed by atoms with E-state index >= 15 is 0 Å². The third-order valence-electron chi connectivity index (χ3n) is 3.47. The molecule has 1 aliphatic rings. The first kappa shape index (κ1) is 13.3. The average molecular weight is 232 g/mol. The molecule has 0 amide bonds. The normalized spacial score (nSPS) is 17.8. The van der Waals surface area contributed by atoms with Gasteiger partial charge in [0, 0.05) is 12.4 Å². The van der Waals surface area contributed by atoms with Crippen LogP contribution in [0, 0.1) is 5.92 Å². The van der Waals surface area contributed by atoms with Crippen LogP contribution in [0.4, 0.5) is 0 Å². The van der Waals surface area contributed by atoms with E-state index in [1.807, 2.05) is 0 Å². The van der Waals surface area contributed by atoms with Crippen molar-refractivity contribution in [1.82, 2.24) is 4.90 Å². The first-order chi connectivity index (χ1) is 7.33. The Kier molecular flexibility index (Phi) is 7.46. The van der Waals surface area contributed by atoms with Gasteiger partial charge in [0.15, 0.2) is 0 Å². The summed E-state index contributed by atoms with van der Waals surface area (Å²) in [5, 5.41) is 0. The minimum Gasteiger partial charge on any atom is -0.306 e. The van der Waals surface area contributed by atoms with Crippen LogP contribution in [0.1, 0.15) is 51.4 Å². The predicted molar refractivity (Wildman–Crippen MR) is 68.6 cm³/mol. The van der Waals surface area contributed by atoms with Crippen LogP contribution >= 0.6 is 11.6 Å². The topological polar surface area (TPSA) is 3.24 Å². The Morgan fingerprint density at radius 1 is 1.07 bits per heavy atom. The van der Waals surface area contributed by atoms with Crippen molar-refractivity contribution in [3.05, 3.63) is 0 Å². The first-order valence-electron chi connectivity index (χ1n) is 6.57. The molecule has 0 aromatic heterocycles. The van der Waals surface area contributed by atoms with Crippen molar-refractivity contribution in [2.24, 2.45) is 5.92 Å². The Balaban J connectivity index is 1.91. The van der Waals surface area contributed by atoms with Gasteiger partial charge in [-0.15, -0.1) is 11.6 Å². The lowest BCUT2D eigenvalue weighted by Crippen LogP contribution is -2.25. The van der Waals surface area contributed by atoms with Gasteiger partial charge >= 0.3 is 0 Å². The minimum atomic E-state index is 0.831. The molecule has 0 N–H and O–H groups in total. The Morgan fingerprint density at radius 2 is 1.73 bits per heavy atom. The summed E-state index contributed by atoms with van der Waals surface area (Å²) in [6, 6.07) is 0. The van der Waals surface area contributed by atoms with Crippen molar-refractivity contribution in [2.75, 3.05) is 26.0 Å². The van der Waals surface area contributed by atoms with Crippen LogP contribution in [0.5, 0.6) is 0 Å². The highest BCUT2D eigenvalue weighted by molar-refractivity contribution is 6.17. The lowest BCUT2D eigenvalue weighted by molar-refractivity contribution is 0.272. The van der Waals surface area contributed by atoms with Crippen molar-refractivity contribution in [3.63, 3.8) is 0 Å². The molecule has 0 spiro atoms. The SMILES string of the molecule is CN(CCCCCCCl)CC1CCCC1. The van der Waals surface area contributed by atoms with E-state index in [1.165, 1.54) is 64.5 Å².